The van der Waals surface area contributed by atoms with E-state index >= 15 is 0 Å². The molecule has 30 heavy (non-hydrogen) atoms. The average Bonchev–Trinajstić information content (AvgIpc) is 3.41. The van der Waals surface area contributed by atoms with Gasteiger partial charge in [-0.2, -0.15) is 0 Å². The lowest BCUT2D eigenvalue weighted by Gasteiger charge is -2.23. The minimum atomic E-state index is 0.0991. The van der Waals surface area contributed by atoms with Crippen molar-refractivity contribution >= 4 is 63.7 Å². The van der Waals surface area contributed by atoms with E-state index in [-0.39, 0.29) is 5.91 Å². The van der Waals surface area contributed by atoms with Crippen LogP contribution in [-0.4, -0.2) is 35.5 Å². The summed E-state index contributed by atoms with van der Waals surface area (Å²) in [5, 5.41) is 6.06. The van der Waals surface area contributed by atoms with Gasteiger partial charge in [0.2, 0.25) is 5.91 Å². The Bertz CT molecular complexity index is 1040. The molecule has 3 aromatic rings. The molecule has 0 radical (unpaired) electrons. The van der Waals surface area contributed by atoms with Crippen molar-refractivity contribution in [2.45, 2.75) is 18.7 Å². The van der Waals surface area contributed by atoms with Gasteiger partial charge in [0.05, 0.1) is 34.3 Å². The molecule has 0 spiro atoms. The van der Waals surface area contributed by atoms with Crippen molar-refractivity contribution in [3.05, 3.63) is 57.9 Å². The zero-order valence-electron chi connectivity index (χ0n) is 16.7. The van der Waals surface area contributed by atoms with E-state index in [9.17, 15) is 4.79 Å². The van der Waals surface area contributed by atoms with Gasteiger partial charge >= 0.3 is 0 Å². The van der Waals surface area contributed by atoms with Crippen LogP contribution in [0.25, 0.3) is 0 Å². The third-order valence-electron chi connectivity index (χ3n) is 4.84. The third-order valence-corrected chi connectivity index (χ3v) is 6.54. The zero-order valence-corrected chi connectivity index (χ0v) is 19.1. The second-order valence-corrected chi connectivity index (χ2v) is 9.06. The van der Waals surface area contributed by atoms with Crippen molar-refractivity contribution in [2.24, 2.45) is 0 Å². The fourth-order valence-electron chi connectivity index (χ4n) is 3.23. The highest BCUT2D eigenvalue weighted by molar-refractivity contribution is 8.00. The van der Waals surface area contributed by atoms with Crippen LogP contribution >= 0.6 is 34.9 Å². The van der Waals surface area contributed by atoms with Gasteiger partial charge < -0.3 is 19.8 Å². The van der Waals surface area contributed by atoms with E-state index in [0.29, 0.717) is 11.7 Å². The molecule has 1 aromatic heterocycles. The lowest BCUT2D eigenvalue weighted by atomic mass is 10.1. The van der Waals surface area contributed by atoms with Crippen LogP contribution in [-0.2, 0) is 4.79 Å². The minimum absolute atomic E-state index is 0.0991. The first-order chi connectivity index (χ1) is 14.5. The van der Waals surface area contributed by atoms with E-state index in [0.717, 1.165) is 40.9 Å². The lowest BCUT2D eigenvalue weighted by molar-refractivity contribution is -0.127. The summed E-state index contributed by atoms with van der Waals surface area (Å²) in [5.41, 5.74) is 5.83. The molecule has 2 heterocycles. The summed E-state index contributed by atoms with van der Waals surface area (Å²) in [6.07, 6.45) is 0. The van der Waals surface area contributed by atoms with Crippen LogP contribution in [0.2, 0.25) is 5.02 Å². The summed E-state index contributed by atoms with van der Waals surface area (Å²) in [4.78, 5) is 21.0. The molecule has 2 aromatic carbocycles. The molecule has 1 fully saturated rings. The number of thiazole rings is 1. The first kappa shape index (κ1) is 20.8. The van der Waals surface area contributed by atoms with Crippen LogP contribution in [0.4, 0.5) is 22.9 Å². The van der Waals surface area contributed by atoms with E-state index in [1.54, 1.807) is 23.8 Å². The van der Waals surface area contributed by atoms with E-state index in [1.165, 1.54) is 17.5 Å². The molecule has 2 N–H and O–H groups in total. The molecule has 4 rings (SSSR count). The number of anilines is 4. The van der Waals surface area contributed by atoms with Crippen molar-refractivity contribution in [3.8, 4) is 0 Å². The minimum Gasteiger partial charge on any atom is -0.353 e. The third kappa shape index (κ3) is 4.83. The Morgan fingerprint density at radius 1 is 1.20 bits per heavy atom. The summed E-state index contributed by atoms with van der Waals surface area (Å²) in [7, 11) is 0. The highest BCUT2D eigenvalue weighted by atomic mass is 35.5. The Balaban J connectivity index is 1.50. The second kappa shape index (κ2) is 9.16. The second-order valence-electron chi connectivity index (χ2n) is 7.05. The van der Waals surface area contributed by atoms with Crippen LogP contribution in [0.15, 0.2) is 52.2 Å². The standard InChI is InChI=1S/C21H22ClN5OS2/c1-14-3-5-19(20(9-14)27-8-7-26(13-27)15(2)28)24-18-6-4-16(10-17(18)22)30-25-21-11-29-12-23-21/h3-6,9-12,24-25H,7-8,13H2,1-2H3. The van der Waals surface area contributed by atoms with Gasteiger partial charge in [-0.25, -0.2) is 4.98 Å². The number of aryl methyl sites for hydroxylation is 1. The molecular weight excluding hydrogens is 438 g/mol. The Morgan fingerprint density at radius 2 is 2.03 bits per heavy atom. The molecule has 0 saturated carbocycles. The normalized spacial score (nSPS) is 13.6. The SMILES string of the molecule is CC(=O)N1CCN(c2cc(C)ccc2Nc2ccc(SNc3cscn3)cc2Cl)C1. The van der Waals surface area contributed by atoms with Gasteiger partial charge in [0, 0.05) is 30.3 Å². The number of benzene rings is 2. The fourth-order valence-corrected chi connectivity index (χ4v) is 4.73. The number of carbonyl (C=O) groups is 1. The molecular formula is C21H22ClN5OS2. The molecule has 0 atom stereocenters. The predicted octanol–water partition coefficient (Wildman–Crippen LogP) is 5.59. The van der Waals surface area contributed by atoms with E-state index < -0.39 is 0 Å². The smallest absolute Gasteiger partial charge is 0.220 e. The molecule has 1 saturated heterocycles. The Hall–Kier alpha value is -2.42. The number of nitrogens with one attached hydrogen (secondary N) is 2. The Kier molecular flexibility index (Phi) is 6.36. The van der Waals surface area contributed by atoms with Crippen molar-refractivity contribution < 1.29 is 4.79 Å². The number of rotatable bonds is 6. The number of halogens is 1. The van der Waals surface area contributed by atoms with Crippen LogP contribution in [0.5, 0.6) is 0 Å². The summed E-state index contributed by atoms with van der Waals surface area (Å²) in [5.74, 6) is 0.930. The van der Waals surface area contributed by atoms with E-state index in [4.69, 9.17) is 11.6 Å². The van der Waals surface area contributed by atoms with Crippen LogP contribution < -0.4 is 14.9 Å². The molecule has 1 amide bonds. The fraction of sp³-hybridized carbons (Fsp3) is 0.238. The van der Waals surface area contributed by atoms with E-state index in [1.807, 2.05) is 28.5 Å². The monoisotopic (exact) mass is 459 g/mol. The lowest BCUT2D eigenvalue weighted by Crippen LogP contribution is -2.29. The van der Waals surface area contributed by atoms with Gasteiger partial charge in [0.25, 0.3) is 0 Å². The predicted molar refractivity (Wildman–Crippen MR) is 127 cm³/mol. The van der Waals surface area contributed by atoms with Gasteiger partial charge in [-0.05, 0) is 54.8 Å². The van der Waals surface area contributed by atoms with Crippen LogP contribution in [0, 0.1) is 6.92 Å². The Labute approximate surface area is 189 Å². The number of aromatic nitrogens is 1. The summed E-state index contributed by atoms with van der Waals surface area (Å²) in [6, 6.07) is 12.2. The van der Waals surface area contributed by atoms with Gasteiger partial charge in [0.15, 0.2) is 0 Å². The van der Waals surface area contributed by atoms with Crippen molar-refractivity contribution in [2.75, 3.05) is 34.7 Å². The first-order valence-corrected chi connectivity index (χ1v) is 11.6. The topological polar surface area (TPSA) is 60.5 Å². The van der Waals surface area contributed by atoms with Crippen molar-refractivity contribution in [1.29, 1.82) is 0 Å². The van der Waals surface area contributed by atoms with Crippen LogP contribution in [0.3, 0.4) is 0 Å². The first-order valence-electron chi connectivity index (χ1n) is 9.48. The highest BCUT2D eigenvalue weighted by Crippen LogP contribution is 2.35. The van der Waals surface area contributed by atoms with Gasteiger partial charge in [-0.15, -0.1) is 11.3 Å². The largest absolute Gasteiger partial charge is 0.353 e. The highest BCUT2D eigenvalue weighted by Gasteiger charge is 2.24. The van der Waals surface area contributed by atoms with Gasteiger partial charge in [-0.1, -0.05) is 17.7 Å². The maximum atomic E-state index is 11.7. The van der Waals surface area contributed by atoms with Gasteiger partial charge in [0.1, 0.15) is 5.82 Å². The number of nitrogens with zero attached hydrogens (tertiary/aromatic N) is 3. The molecule has 0 unspecified atom stereocenters. The maximum Gasteiger partial charge on any atom is 0.220 e. The number of hydrogen-bond donors (Lipinski definition) is 2. The molecule has 156 valence electrons. The summed E-state index contributed by atoms with van der Waals surface area (Å²) >= 11 is 9.58. The maximum absolute atomic E-state index is 11.7. The molecule has 1 aliphatic rings. The number of amides is 1. The number of carbonyl (C=O) groups excluding carboxylic acids is 1. The zero-order chi connectivity index (χ0) is 21.1. The molecule has 0 bridgehead atoms. The number of hydrogen-bond acceptors (Lipinski definition) is 7. The Morgan fingerprint density at radius 3 is 2.73 bits per heavy atom. The molecule has 0 aliphatic carbocycles. The average molecular weight is 460 g/mol. The molecule has 6 nitrogen and oxygen atoms in total. The van der Waals surface area contributed by atoms with Crippen molar-refractivity contribution in [1.82, 2.24) is 9.88 Å². The summed E-state index contributed by atoms with van der Waals surface area (Å²) in [6.45, 7) is 5.83. The molecule has 9 heteroatoms. The molecule has 1 aliphatic heterocycles. The van der Waals surface area contributed by atoms with E-state index in [2.05, 4.69) is 45.0 Å². The van der Waals surface area contributed by atoms with Crippen LogP contribution in [0.1, 0.15) is 12.5 Å². The van der Waals surface area contributed by atoms with Gasteiger partial charge in [-0.3, -0.25) is 4.79 Å². The summed E-state index contributed by atoms with van der Waals surface area (Å²) < 4.78 is 3.20. The van der Waals surface area contributed by atoms with Crippen molar-refractivity contribution in [3.63, 3.8) is 0 Å². The quantitative estimate of drug-likeness (QED) is 0.468.